The van der Waals surface area contributed by atoms with Crippen molar-refractivity contribution in [3.05, 3.63) is 42.6 Å². The van der Waals surface area contributed by atoms with E-state index >= 15 is 0 Å². The van der Waals surface area contributed by atoms with Crippen molar-refractivity contribution in [3.8, 4) is 17.5 Å². The van der Waals surface area contributed by atoms with Gasteiger partial charge in [-0.25, -0.2) is 8.42 Å². The number of sulfonamides is 1. The minimum Gasteiger partial charge on any atom is -0.492 e. The van der Waals surface area contributed by atoms with E-state index in [2.05, 4.69) is 14.7 Å². The lowest BCUT2D eigenvalue weighted by Crippen LogP contribution is -2.15. The fourth-order valence-electron chi connectivity index (χ4n) is 2.60. The van der Waals surface area contributed by atoms with Gasteiger partial charge in [0, 0.05) is 17.6 Å². The summed E-state index contributed by atoms with van der Waals surface area (Å²) >= 11 is 0. The van der Waals surface area contributed by atoms with Crippen LogP contribution in [0.1, 0.15) is 6.92 Å². The van der Waals surface area contributed by atoms with Gasteiger partial charge in [0.05, 0.1) is 25.7 Å². The molecule has 0 aliphatic heterocycles. The Bertz CT molecular complexity index is 1070. The highest BCUT2D eigenvalue weighted by Crippen LogP contribution is 2.32. The molecule has 0 aliphatic rings. The average Bonchev–Trinajstić information content (AvgIpc) is 2.68. The van der Waals surface area contributed by atoms with Gasteiger partial charge < -0.3 is 14.2 Å². The molecule has 1 aromatic carbocycles. The highest BCUT2D eigenvalue weighted by Gasteiger charge is 2.22. The van der Waals surface area contributed by atoms with Gasteiger partial charge in [0.2, 0.25) is 11.8 Å². The van der Waals surface area contributed by atoms with Crippen LogP contribution in [-0.2, 0) is 10.0 Å². The van der Waals surface area contributed by atoms with Crippen LogP contribution in [0.15, 0.2) is 47.5 Å². The summed E-state index contributed by atoms with van der Waals surface area (Å²) in [6.45, 7) is 2.30. The third-order valence-electron chi connectivity index (χ3n) is 3.76. The maximum atomic E-state index is 13.0. The predicted octanol–water partition coefficient (Wildman–Crippen LogP) is 2.85. The Morgan fingerprint density at radius 2 is 1.89 bits per heavy atom. The molecule has 0 aliphatic carbocycles. The molecule has 9 heteroatoms. The van der Waals surface area contributed by atoms with E-state index in [0.29, 0.717) is 29.1 Å². The van der Waals surface area contributed by atoms with Crippen LogP contribution in [0.3, 0.4) is 0 Å². The molecule has 3 aromatic rings. The van der Waals surface area contributed by atoms with Crippen molar-refractivity contribution >= 4 is 26.6 Å². The summed E-state index contributed by atoms with van der Waals surface area (Å²) in [5.74, 6) is 0.938. The van der Waals surface area contributed by atoms with Crippen molar-refractivity contribution in [2.24, 2.45) is 0 Å². The highest BCUT2D eigenvalue weighted by molar-refractivity contribution is 7.93. The van der Waals surface area contributed by atoms with E-state index < -0.39 is 10.0 Å². The molecule has 1 N–H and O–H groups in total. The number of nitrogens with zero attached hydrogens (tertiary/aromatic N) is 2. The number of hydrogen-bond donors (Lipinski definition) is 1. The van der Waals surface area contributed by atoms with Crippen LogP contribution in [0.25, 0.3) is 10.9 Å². The summed E-state index contributed by atoms with van der Waals surface area (Å²) in [6, 6.07) is 9.50. The van der Waals surface area contributed by atoms with Gasteiger partial charge in [0.25, 0.3) is 10.0 Å². The largest absolute Gasteiger partial charge is 0.492 e. The number of pyridine rings is 2. The molecule has 0 saturated carbocycles. The number of fused-ring (bicyclic) bond motifs is 1. The smallest absolute Gasteiger partial charge is 0.262 e. The molecule has 0 bridgehead atoms. The topological polar surface area (TPSA) is 99.6 Å². The lowest BCUT2D eigenvalue weighted by atomic mass is 10.2. The number of rotatable bonds is 7. The Labute approximate surface area is 157 Å². The zero-order chi connectivity index (χ0) is 19.4. The second-order valence-corrected chi connectivity index (χ2v) is 7.06. The molecule has 0 saturated heterocycles. The van der Waals surface area contributed by atoms with Crippen molar-refractivity contribution in [2.45, 2.75) is 11.8 Å². The summed E-state index contributed by atoms with van der Waals surface area (Å²) in [7, 11) is -1.07. The second kappa shape index (κ2) is 7.67. The van der Waals surface area contributed by atoms with Gasteiger partial charge in [-0.3, -0.25) is 9.71 Å². The number of benzene rings is 1. The van der Waals surface area contributed by atoms with Crippen LogP contribution in [0.4, 0.5) is 5.69 Å². The summed E-state index contributed by atoms with van der Waals surface area (Å²) in [5.41, 5.74) is 0.672. The number of ether oxygens (including phenoxy) is 3. The Balaban J connectivity index is 2.07. The van der Waals surface area contributed by atoms with E-state index in [1.165, 1.54) is 32.4 Å². The molecular formula is C18H19N3O5S. The molecule has 2 heterocycles. The van der Waals surface area contributed by atoms with Crippen LogP contribution in [0, 0.1) is 0 Å². The van der Waals surface area contributed by atoms with Gasteiger partial charge in [-0.15, -0.1) is 0 Å². The monoisotopic (exact) mass is 389 g/mol. The van der Waals surface area contributed by atoms with E-state index in [0.717, 1.165) is 0 Å². The SMILES string of the molecule is CCOc1ccc(S(=O)(=O)Nc2ccc(OC)nc2OC)c2cccnc12. The average molecular weight is 389 g/mol. The van der Waals surface area contributed by atoms with Crippen molar-refractivity contribution in [3.63, 3.8) is 0 Å². The van der Waals surface area contributed by atoms with Crippen LogP contribution in [0.2, 0.25) is 0 Å². The molecule has 0 unspecified atom stereocenters. The minimum absolute atomic E-state index is 0.0759. The van der Waals surface area contributed by atoms with Crippen LogP contribution in [-0.4, -0.2) is 39.2 Å². The predicted molar refractivity (Wildman–Crippen MR) is 101 cm³/mol. The molecule has 0 amide bonds. The van der Waals surface area contributed by atoms with Gasteiger partial charge in [0.1, 0.15) is 17.0 Å². The standard InChI is InChI=1S/C18H19N3O5S/c1-4-26-14-8-9-15(12-6-5-11-19-17(12)14)27(22,23)21-13-7-10-16(24-2)20-18(13)25-3/h5-11,21H,4H2,1-3H3. The Kier molecular flexibility index (Phi) is 5.31. The summed E-state index contributed by atoms with van der Waals surface area (Å²) in [4.78, 5) is 8.43. The van der Waals surface area contributed by atoms with E-state index in [-0.39, 0.29) is 16.5 Å². The van der Waals surface area contributed by atoms with Gasteiger partial charge in [-0.05, 0) is 37.3 Å². The zero-order valence-corrected chi connectivity index (χ0v) is 15.9. The van der Waals surface area contributed by atoms with Crippen molar-refractivity contribution in [1.82, 2.24) is 9.97 Å². The molecule has 0 fully saturated rings. The number of anilines is 1. The fourth-order valence-corrected chi connectivity index (χ4v) is 3.85. The molecule has 0 spiro atoms. The number of nitrogens with one attached hydrogen (secondary N) is 1. The molecule has 2 aromatic heterocycles. The molecule has 0 atom stereocenters. The third kappa shape index (κ3) is 3.72. The first-order chi connectivity index (χ1) is 13.0. The third-order valence-corrected chi connectivity index (χ3v) is 5.19. The molecule has 0 radical (unpaired) electrons. The minimum atomic E-state index is -3.93. The first-order valence-corrected chi connectivity index (χ1v) is 9.61. The van der Waals surface area contributed by atoms with Gasteiger partial charge in [-0.2, -0.15) is 4.98 Å². The number of methoxy groups -OCH3 is 2. The quantitative estimate of drug-likeness (QED) is 0.663. The van der Waals surface area contributed by atoms with Crippen molar-refractivity contribution in [1.29, 1.82) is 0 Å². The molecule has 8 nitrogen and oxygen atoms in total. The van der Waals surface area contributed by atoms with Crippen molar-refractivity contribution in [2.75, 3.05) is 25.5 Å². The Morgan fingerprint density at radius 3 is 2.59 bits per heavy atom. The summed E-state index contributed by atoms with van der Waals surface area (Å²) in [5, 5.41) is 0.455. The van der Waals surface area contributed by atoms with E-state index in [1.54, 1.807) is 24.4 Å². The van der Waals surface area contributed by atoms with Crippen molar-refractivity contribution < 1.29 is 22.6 Å². The zero-order valence-electron chi connectivity index (χ0n) is 15.1. The Morgan fingerprint density at radius 1 is 1.07 bits per heavy atom. The van der Waals surface area contributed by atoms with Crippen LogP contribution < -0.4 is 18.9 Å². The lowest BCUT2D eigenvalue weighted by molar-refractivity contribution is 0.343. The van der Waals surface area contributed by atoms with Crippen LogP contribution >= 0.6 is 0 Å². The normalized spacial score (nSPS) is 11.2. The number of hydrogen-bond acceptors (Lipinski definition) is 7. The maximum absolute atomic E-state index is 13.0. The van der Waals surface area contributed by atoms with E-state index in [9.17, 15) is 8.42 Å². The van der Waals surface area contributed by atoms with Gasteiger partial charge in [-0.1, -0.05) is 0 Å². The summed E-state index contributed by atoms with van der Waals surface area (Å²) < 4.78 is 44.3. The molecule has 27 heavy (non-hydrogen) atoms. The number of aromatic nitrogens is 2. The molecular weight excluding hydrogens is 370 g/mol. The first-order valence-electron chi connectivity index (χ1n) is 8.12. The molecule has 3 rings (SSSR count). The lowest BCUT2D eigenvalue weighted by Gasteiger charge is -2.14. The second-order valence-electron chi connectivity index (χ2n) is 5.41. The van der Waals surface area contributed by atoms with Gasteiger partial charge >= 0.3 is 0 Å². The van der Waals surface area contributed by atoms with Crippen LogP contribution in [0.5, 0.6) is 17.5 Å². The van der Waals surface area contributed by atoms with Gasteiger partial charge in [0.15, 0.2) is 0 Å². The Hall–Kier alpha value is -3.07. The maximum Gasteiger partial charge on any atom is 0.262 e. The highest BCUT2D eigenvalue weighted by atomic mass is 32.2. The summed E-state index contributed by atoms with van der Waals surface area (Å²) in [6.07, 6.45) is 1.59. The fraction of sp³-hybridized carbons (Fsp3) is 0.222. The van der Waals surface area contributed by atoms with E-state index in [4.69, 9.17) is 14.2 Å². The first kappa shape index (κ1) is 18.7. The molecule has 142 valence electrons. The van der Waals surface area contributed by atoms with E-state index in [1.807, 2.05) is 6.92 Å².